The molecule has 0 spiro atoms. The predicted octanol–water partition coefficient (Wildman–Crippen LogP) is 4.61. The van der Waals surface area contributed by atoms with Crippen LogP contribution in [0.3, 0.4) is 0 Å². The molecule has 0 atom stereocenters. The highest BCUT2D eigenvalue weighted by Gasteiger charge is 2.30. The molecule has 1 aliphatic rings. The van der Waals surface area contributed by atoms with Crippen LogP contribution < -0.4 is 14.8 Å². The normalized spacial score (nSPS) is 17.1. The molecule has 0 aliphatic carbocycles. The van der Waals surface area contributed by atoms with Crippen LogP contribution in [-0.4, -0.2) is 25.3 Å². The Balaban J connectivity index is 1.84. The first-order valence-corrected chi connectivity index (χ1v) is 8.80. The third-order valence-electron chi connectivity index (χ3n) is 3.76. The van der Waals surface area contributed by atoms with E-state index in [4.69, 9.17) is 9.47 Å². The molecule has 2 aromatic carbocycles. The lowest BCUT2D eigenvalue weighted by atomic mass is 10.2. The van der Waals surface area contributed by atoms with E-state index >= 15 is 0 Å². The van der Waals surface area contributed by atoms with Crippen LogP contribution in [0.1, 0.15) is 11.1 Å². The van der Waals surface area contributed by atoms with Crippen molar-refractivity contribution >= 4 is 34.6 Å². The Hall–Kier alpha value is -2.94. The molecule has 0 radical (unpaired) electrons. The molecule has 1 aliphatic heterocycles. The van der Waals surface area contributed by atoms with Crippen molar-refractivity contribution in [2.45, 2.75) is 6.18 Å². The SMILES string of the molecule is COc1ccc(/C=C2\SC(=Nc3cccc(C(F)(F)F)c3)NC2=O)cc1OC. The standard InChI is InChI=1S/C19H15F3N2O3S/c1-26-14-7-6-11(8-15(14)27-2)9-16-17(25)24-18(28-16)23-13-5-3-4-12(10-13)19(20,21)22/h3-10H,1-2H3,(H,23,24,25)/b16-9-. The maximum absolute atomic E-state index is 12.8. The van der Waals surface area contributed by atoms with Gasteiger partial charge in [0.1, 0.15) is 0 Å². The number of amidine groups is 1. The molecule has 1 amide bonds. The zero-order valence-corrected chi connectivity index (χ0v) is 15.6. The highest BCUT2D eigenvalue weighted by Crippen LogP contribution is 2.34. The van der Waals surface area contributed by atoms with Gasteiger partial charge < -0.3 is 14.8 Å². The molecule has 1 saturated heterocycles. The minimum atomic E-state index is -4.46. The van der Waals surface area contributed by atoms with Crippen LogP contribution in [0, 0.1) is 0 Å². The number of hydrogen-bond donors (Lipinski definition) is 1. The van der Waals surface area contributed by atoms with Crippen LogP contribution >= 0.6 is 11.8 Å². The first kappa shape index (κ1) is 19.8. The molecule has 1 heterocycles. The largest absolute Gasteiger partial charge is 0.493 e. The van der Waals surface area contributed by atoms with Gasteiger partial charge in [-0.1, -0.05) is 12.1 Å². The molecule has 1 fully saturated rings. The lowest BCUT2D eigenvalue weighted by Crippen LogP contribution is -2.19. The van der Waals surface area contributed by atoms with Gasteiger partial charge in [-0.2, -0.15) is 13.2 Å². The lowest BCUT2D eigenvalue weighted by Gasteiger charge is -2.07. The molecular formula is C19H15F3N2O3S. The van der Waals surface area contributed by atoms with E-state index in [-0.39, 0.29) is 16.8 Å². The fourth-order valence-corrected chi connectivity index (χ4v) is 3.29. The number of ether oxygens (including phenoxy) is 2. The quantitative estimate of drug-likeness (QED) is 0.751. The molecule has 0 unspecified atom stereocenters. The van der Waals surface area contributed by atoms with Crippen molar-refractivity contribution < 1.29 is 27.4 Å². The number of hydrogen-bond acceptors (Lipinski definition) is 5. The van der Waals surface area contributed by atoms with E-state index in [2.05, 4.69) is 10.3 Å². The Bertz CT molecular complexity index is 971. The van der Waals surface area contributed by atoms with Crippen molar-refractivity contribution in [3.05, 3.63) is 58.5 Å². The third-order valence-corrected chi connectivity index (χ3v) is 4.67. The van der Waals surface area contributed by atoms with Crippen LogP contribution in [0.5, 0.6) is 11.5 Å². The van der Waals surface area contributed by atoms with E-state index in [9.17, 15) is 18.0 Å². The summed E-state index contributed by atoms with van der Waals surface area (Å²) >= 11 is 1.04. The Morgan fingerprint density at radius 3 is 2.50 bits per heavy atom. The topological polar surface area (TPSA) is 59.9 Å². The van der Waals surface area contributed by atoms with Gasteiger partial charge in [-0.05, 0) is 53.7 Å². The number of benzene rings is 2. The number of carbonyl (C=O) groups is 1. The summed E-state index contributed by atoms with van der Waals surface area (Å²) in [6.45, 7) is 0. The molecule has 2 aromatic rings. The molecule has 0 bridgehead atoms. The highest BCUT2D eigenvalue weighted by atomic mass is 32.2. The van der Waals surface area contributed by atoms with E-state index in [1.165, 1.54) is 26.4 Å². The average Bonchev–Trinajstić information content (AvgIpc) is 3.00. The Morgan fingerprint density at radius 1 is 1.07 bits per heavy atom. The van der Waals surface area contributed by atoms with Crippen LogP contribution in [0.2, 0.25) is 0 Å². The van der Waals surface area contributed by atoms with Gasteiger partial charge in [-0.15, -0.1) is 0 Å². The van der Waals surface area contributed by atoms with Gasteiger partial charge in [0.05, 0.1) is 30.4 Å². The Labute approximate surface area is 163 Å². The number of carbonyl (C=O) groups excluding carboxylic acids is 1. The monoisotopic (exact) mass is 408 g/mol. The van der Waals surface area contributed by atoms with Gasteiger partial charge in [0.25, 0.3) is 5.91 Å². The zero-order valence-electron chi connectivity index (χ0n) is 14.8. The molecule has 5 nitrogen and oxygen atoms in total. The molecule has 1 N–H and O–H groups in total. The van der Waals surface area contributed by atoms with E-state index in [0.29, 0.717) is 22.0 Å². The first-order valence-electron chi connectivity index (χ1n) is 7.99. The Kier molecular flexibility index (Phi) is 5.64. The number of aliphatic imine (C=N–C) groups is 1. The summed E-state index contributed by atoms with van der Waals surface area (Å²) in [6.07, 6.45) is -2.82. The van der Waals surface area contributed by atoms with Crippen LogP contribution in [0.4, 0.5) is 18.9 Å². The van der Waals surface area contributed by atoms with Crippen molar-refractivity contribution in [1.29, 1.82) is 0 Å². The number of halogens is 3. The van der Waals surface area contributed by atoms with Gasteiger partial charge >= 0.3 is 6.18 Å². The zero-order chi connectivity index (χ0) is 20.3. The number of nitrogens with one attached hydrogen (secondary N) is 1. The minimum absolute atomic E-state index is 0.102. The fourth-order valence-electron chi connectivity index (χ4n) is 2.44. The molecule has 3 rings (SSSR count). The first-order chi connectivity index (χ1) is 13.3. The maximum Gasteiger partial charge on any atom is 0.416 e. The third kappa shape index (κ3) is 4.48. The number of alkyl halides is 3. The van der Waals surface area contributed by atoms with Crippen molar-refractivity contribution in [2.24, 2.45) is 4.99 Å². The number of amides is 1. The lowest BCUT2D eigenvalue weighted by molar-refractivity contribution is -0.137. The second-order valence-corrected chi connectivity index (χ2v) is 6.67. The molecule has 9 heteroatoms. The number of nitrogens with zero attached hydrogens (tertiary/aromatic N) is 1. The van der Waals surface area contributed by atoms with E-state index in [1.807, 2.05) is 0 Å². The van der Waals surface area contributed by atoms with Crippen LogP contribution in [0.25, 0.3) is 6.08 Å². The summed E-state index contributed by atoms with van der Waals surface area (Å²) in [6, 6.07) is 9.77. The van der Waals surface area contributed by atoms with Gasteiger partial charge in [-0.3, -0.25) is 4.79 Å². The van der Waals surface area contributed by atoms with E-state index in [1.54, 1.807) is 24.3 Å². The molecule has 0 aromatic heterocycles. The molecule has 0 saturated carbocycles. The number of rotatable bonds is 4. The minimum Gasteiger partial charge on any atom is -0.493 e. The summed E-state index contributed by atoms with van der Waals surface area (Å²) in [5.41, 5.74) is 0.00498. The number of thioether (sulfide) groups is 1. The fraction of sp³-hybridized carbons (Fsp3) is 0.158. The van der Waals surface area contributed by atoms with Crippen molar-refractivity contribution in [1.82, 2.24) is 5.32 Å². The van der Waals surface area contributed by atoms with Crippen molar-refractivity contribution in [3.8, 4) is 11.5 Å². The van der Waals surface area contributed by atoms with Gasteiger partial charge in [0.15, 0.2) is 16.7 Å². The highest BCUT2D eigenvalue weighted by molar-refractivity contribution is 8.18. The van der Waals surface area contributed by atoms with Gasteiger partial charge in [0, 0.05) is 0 Å². The summed E-state index contributed by atoms with van der Waals surface area (Å²) < 4.78 is 48.8. The second-order valence-electron chi connectivity index (χ2n) is 5.64. The second kappa shape index (κ2) is 7.97. The van der Waals surface area contributed by atoms with E-state index in [0.717, 1.165) is 23.9 Å². The molecule has 146 valence electrons. The van der Waals surface area contributed by atoms with Gasteiger partial charge in [0.2, 0.25) is 0 Å². The smallest absolute Gasteiger partial charge is 0.416 e. The Morgan fingerprint density at radius 2 is 1.82 bits per heavy atom. The molecular weight excluding hydrogens is 393 g/mol. The number of methoxy groups -OCH3 is 2. The molecule has 28 heavy (non-hydrogen) atoms. The van der Waals surface area contributed by atoms with Crippen LogP contribution in [0.15, 0.2) is 52.4 Å². The van der Waals surface area contributed by atoms with Gasteiger partial charge in [-0.25, -0.2) is 4.99 Å². The maximum atomic E-state index is 12.8. The van der Waals surface area contributed by atoms with E-state index < -0.39 is 11.7 Å². The summed E-state index contributed by atoms with van der Waals surface area (Å²) in [5.74, 6) is 0.684. The summed E-state index contributed by atoms with van der Waals surface area (Å²) in [7, 11) is 3.03. The average molecular weight is 408 g/mol. The van der Waals surface area contributed by atoms with Crippen LogP contribution in [-0.2, 0) is 11.0 Å². The summed E-state index contributed by atoms with van der Waals surface area (Å²) in [5, 5.41) is 2.76. The van der Waals surface area contributed by atoms with Crippen molar-refractivity contribution in [2.75, 3.05) is 14.2 Å². The van der Waals surface area contributed by atoms with Crippen molar-refractivity contribution in [3.63, 3.8) is 0 Å². The summed E-state index contributed by atoms with van der Waals surface area (Å²) in [4.78, 5) is 16.6. The predicted molar refractivity (Wildman–Crippen MR) is 102 cm³/mol.